The van der Waals surface area contributed by atoms with Gasteiger partial charge in [-0.15, -0.1) is 0 Å². The zero-order valence-corrected chi connectivity index (χ0v) is 26.9. The first kappa shape index (κ1) is 33.1. The van der Waals surface area contributed by atoms with Gasteiger partial charge in [0.25, 0.3) is 10.0 Å². The van der Waals surface area contributed by atoms with Crippen molar-refractivity contribution in [2.45, 2.75) is 69.0 Å². The van der Waals surface area contributed by atoms with E-state index < -0.39 is 28.5 Å². The molecule has 0 bridgehead atoms. The van der Waals surface area contributed by atoms with E-state index in [1.54, 1.807) is 54.6 Å². The van der Waals surface area contributed by atoms with E-state index in [1.807, 2.05) is 13.0 Å². The average Bonchev–Trinajstić information content (AvgIpc) is 3.04. The maximum atomic E-state index is 14.4. The molecule has 0 heterocycles. The van der Waals surface area contributed by atoms with Gasteiger partial charge in [0.2, 0.25) is 11.8 Å². The smallest absolute Gasteiger partial charge is 0.264 e. The zero-order chi connectivity index (χ0) is 31.7. The summed E-state index contributed by atoms with van der Waals surface area (Å²) in [6, 6.07) is 18.8. The van der Waals surface area contributed by atoms with Crippen molar-refractivity contribution in [2.75, 3.05) is 25.1 Å². The van der Waals surface area contributed by atoms with E-state index in [0.717, 1.165) is 36.4 Å². The summed E-state index contributed by atoms with van der Waals surface area (Å²) in [4.78, 5) is 29.5. The van der Waals surface area contributed by atoms with Gasteiger partial charge >= 0.3 is 0 Å². The highest BCUT2D eigenvalue weighted by Crippen LogP contribution is 2.33. The molecule has 11 heteroatoms. The molecule has 0 spiro atoms. The van der Waals surface area contributed by atoms with E-state index in [1.165, 1.54) is 31.3 Å². The van der Waals surface area contributed by atoms with Crippen LogP contribution in [0.1, 0.15) is 51.0 Å². The van der Waals surface area contributed by atoms with Gasteiger partial charge < -0.3 is 19.7 Å². The van der Waals surface area contributed by atoms with E-state index in [9.17, 15) is 18.0 Å². The van der Waals surface area contributed by atoms with Crippen LogP contribution < -0.4 is 19.1 Å². The van der Waals surface area contributed by atoms with Crippen LogP contribution in [0.2, 0.25) is 5.02 Å². The monoisotopic (exact) mass is 641 g/mol. The second-order valence-electron chi connectivity index (χ2n) is 10.7. The van der Waals surface area contributed by atoms with Gasteiger partial charge in [0.1, 0.15) is 24.1 Å². The van der Waals surface area contributed by atoms with Crippen molar-refractivity contribution in [3.05, 3.63) is 83.4 Å². The minimum absolute atomic E-state index is 0.0252. The zero-order valence-electron chi connectivity index (χ0n) is 25.4. The van der Waals surface area contributed by atoms with Crippen LogP contribution in [0.5, 0.6) is 11.5 Å². The molecule has 1 saturated carbocycles. The van der Waals surface area contributed by atoms with Crippen molar-refractivity contribution < 1.29 is 27.5 Å². The second-order valence-corrected chi connectivity index (χ2v) is 13.0. The number of ether oxygens (including phenoxy) is 2. The van der Waals surface area contributed by atoms with Gasteiger partial charge in [-0.1, -0.05) is 68.1 Å². The molecule has 3 aromatic rings. The lowest BCUT2D eigenvalue weighted by Gasteiger charge is -2.34. The second kappa shape index (κ2) is 15.3. The van der Waals surface area contributed by atoms with Crippen LogP contribution in [-0.4, -0.2) is 58.0 Å². The third-order valence-electron chi connectivity index (χ3n) is 7.92. The van der Waals surface area contributed by atoms with Gasteiger partial charge in [0.05, 0.1) is 24.8 Å². The molecule has 1 aliphatic rings. The first-order valence-corrected chi connectivity index (χ1v) is 16.6. The van der Waals surface area contributed by atoms with Crippen LogP contribution in [0.25, 0.3) is 0 Å². The number of hydrogen-bond donors (Lipinski definition) is 1. The Balaban J connectivity index is 1.74. The highest BCUT2D eigenvalue weighted by Gasteiger charge is 2.35. The summed E-state index contributed by atoms with van der Waals surface area (Å²) in [5.74, 6) is -0.0538. The Hall–Kier alpha value is -3.76. The number of carbonyl (C=O) groups is 2. The normalized spacial score (nSPS) is 14.4. The summed E-state index contributed by atoms with van der Waals surface area (Å²) in [7, 11) is -1.35. The number of carbonyl (C=O) groups excluding carboxylic acids is 2. The Morgan fingerprint density at radius 1 is 0.932 bits per heavy atom. The molecule has 1 aliphatic carbocycles. The molecule has 44 heavy (non-hydrogen) atoms. The van der Waals surface area contributed by atoms with Crippen LogP contribution in [0.15, 0.2) is 77.7 Å². The Morgan fingerprint density at radius 2 is 1.59 bits per heavy atom. The van der Waals surface area contributed by atoms with Crippen molar-refractivity contribution in [1.82, 2.24) is 10.2 Å². The van der Waals surface area contributed by atoms with Crippen LogP contribution in [-0.2, 0) is 26.2 Å². The lowest BCUT2D eigenvalue weighted by Crippen LogP contribution is -2.54. The topological polar surface area (TPSA) is 105 Å². The predicted molar refractivity (Wildman–Crippen MR) is 172 cm³/mol. The molecule has 0 aliphatic heterocycles. The Morgan fingerprint density at radius 3 is 2.23 bits per heavy atom. The van der Waals surface area contributed by atoms with E-state index >= 15 is 0 Å². The predicted octanol–water partition coefficient (Wildman–Crippen LogP) is 5.81. The molecule has 0 aromatic heterocycles. The number of halogens is 1. The molecule has 1 N–H and O–H groups in total. The first-order valence-electron chi connectivity index (χ1n) is 14.8. The number of nitrogens with one attached hydrogen (secondary N) is 1. The molecule has 0 radical (unpaired) electrons. The molecule has 236 valence electrons. The van der Waals surface area contributed by atoms with E-state index in [2.05, 4.69) is 5.32 Å². The Labute approximate surface area is 265 Å². The Kier molecular flexibility index (Phi) is 11.5. The SMILES string of the molecule is CCC(C(=O)NC1CCCCC1)N(Cc1ccccc1Cl)C(=O)CN(c1ccccc1OC)S(=O)(=O)c1ccc(OC)cc1. The highest BCUT2D eigenvalue weighted by molar-refractivity contribution is 7.92. The average molecular weight is 642 g/mol. The van der Waals surface area contributed by atoms with Gasteiger partial charge in [0.15, 0.2) is 0 Å². The van der Waals surface area contributed by atoms with Gasteiger partial charge in [-0.25, -0.2) is 8.42 Å². The van der Waals surface area contributed by atoms with Crippen LogP contribution >= 0.6 is 11.6 Å². The first-order chi connectivity index (χ1) is 21.2. The van der Waals surface area contributed by atoms with Crippen molar-refractivity contribution >= 4 is 39.1 Å². The van der Waals surface area contributed by atoms with Gasteiger partial charge in [0, 0.05) is 17.6 Å². The maximum Gasteiger partial charge on any atom is 0.264 e. The number of para-hydroxylation sites is 2. The number of benzene rings is 3. The molecule has 1 unspecified atom stereocenters. The quantitative estimate of drug-likeness (QED) is 0.253. The molecular formula is C33H40ClN3O6S. The molecule has 0 saturated heterocycles. The standard InChI is InChI=1S/C33H40ClN3O6S/c1-4-29(33(39)35-25-13-6-5-7-14-25)36(22-24-12-8-9-15-28(24)34)32(38)23-37(30-16-10-11-17-31(30)43-3)44(40,41)27-20-18-26(42-2)19-21-27/h8-12,15-21,25,29H,4-7,13-14,22-23H2,1-3H3,(H,35,39). The summed E-state index contributed by atoms with van der Waals surface area (Å²) in [6.45, 7) is 1.29. The fourth-order valence-electron chi connectivity index (χ4n) is 5.50. The summed E-state index contributed by atoms with van der Waals surface area (Å²) in [5.41, 5.74) is 0.838. The van der Waals surface area contributed by atoms with Crippen molar-refractivity contribution in [1.29, 1.82) is 0 Å². The molecule has 4 rings (SSSR count). The molecule has 1 atom stereocenters. The van der Waals surface area contributed by atoms with Crippen LogP contribution in [0.4, 0.5) is 5.69 Å². The van der Waals surface area contributed by atoms with Gasteiger partial charge in [-0.05, 0) is 67.3 Å². The number of methoxy groups -OCH3 is 2. The number of sulfonamides is 1. The Bertz CT molecular complexity index is 1530. The molecule has 2 amide bonds. The lowest BCUT2D eigenvalue weighted by atomic mass is 9.95. The molecule has 9 nitrogen and oxygen atoms in total. The summed E-state index contributed by atoms with van der Waals surface area (Å²) < 4.78 is 40.1. The summed E-state index contributed by atoms with van der Waals surface area (Å²) in [6.07, 6.45) is 5.34. The minimum Gasteiger partial charge on any atom is -0.497 e. The van der Waals surface area contributed by atoms with E-state index in [4.69, 9.17) is 21.1 Å². The number of amides is 2. The van der Waals surface area contributed by atoms with Crippen LogP contribution in [0.3, 0.4) is 0 Å². The minimum atomic E-state index is -4.27. The fourth-order valence-corrected chi connectivity index (χ4v) is 7.12. The highest BCUT2D eigenvalue weighted by atomic mass is 35.5. The van der Waals surface area contributed by atoms with Crippen molar-refractivity contribution in [3.8, 4) is 11.5 Å². The summed E-state index contributed by atoms with van der Waals surface area (Å²) in [5, 5.41) is 3.59. The number of hydrogen-bond acceptors (Lipinski definition) is 6. The molecule has 3 aromatic carbocycles. The molecule has 1 fully saturated rings. The van der Waals surface area contributed by atoms with Gasteiger partial charge in [-0.2, -0.15) is 0 Å². The third-order valence-corrected chi connectivity index (χ3v) is 10.1. The summed E-state index contributed by atoms with van der Waals surface area (Å²) >= 11 is 6.50. The van der Waals surface area contributed by atoms with E-state index in [-0.39, 0.29) is 34.8 Å². The largest absolute Gasteiger partial charge is 0.497 e. The molecular weight excluding hydrogens is 602 g/mol. The maximum absolute atomic E-state index is 14.4. The lowest BCUT2D eigenvalue weighted by molar-refractivity contribution is -0.140. The third kappa shape index (κ3) is 7.84. The van der Waals surface area contributed by atoms with Gasteiger partial charge in [-0.3, -0.25) is 13.9 Å². The number of nitrogens with zero attached hydrogens (tertiary/aromatic N) is 2. The van der Waals surface area contributed by atoms with Crippen molar-refractivity contribution in [2.24, 2.45) is 0 Å². The van der Waals surface area contributed by atoms with E-state index in [0.29, 0.717) is 22.8 Å². The fraction of sp³-hybridized carbons (Fsp3) is 0.394. The number of anilines is 1. The number of rotatable bonds is 13. The van der Waals surface area contributed by atoms with Crippen molar-refractivity contribution in [3.63, 3.8) is 0 Å². The van der Waals surface area contributed by atoms with Crippen LogP contribution in [0, 0.1) is 0 Å².